The molecule has 2 aromatic rings. The van der Waals surface area contributed by atoms with Crippen LogP contribution in [0.3, 0.4) is 0 Å². The summed E-state index contributed by atoms with van der Waals surface area (Å²) in [6.45, 7) is 9.01. The molecule has 1 N–H and O–H groups in total. The predicted molar refractivity (Wildman–Crippen MR) is 111 cm³/mol. The maximum absolute atomic E-state index is 13.2. The van der Waals surface area contributed by atoms with Crippen LogP contribution in [0.1, 0.15) is 51.6 Å². The number of sulfonamides is 1. The third kappa shape index (κ3) is 3.65. The van der Waals surface area contributed by atoms with Gasteiger partial charge in [-0.25, -0.2) is 18.4 Å². The Kier molecular flexibility index (Phi) is 4.91. The molecule has 0 spiro atoms. The summed E-state index contributed by atoms with van der Waals surface area (Å²) in [4.78, 5) is 11.0. The van der Waals surface area contributed by atoms with Crippen LogP contribution in [-0.2, 0) is 15.4 Å². The number of hydrogen-bond acceptors (Lipinski definition) is 6. The summed E-state index contributed by atoms with van der Waals surface area (Å²) < 4.78 is 28.1. The highest BCUT2D eigenvalue weighted by Gasteiger charge is 2.48. The standard InChI is InChI=1S/C21H28N4O3S/c1-14(26)20-22-10-9-19(23-20)24-12-17-11-16(24)13-25(17)29(27,28)18-7-5-15(6-8-18)21(2,3)4/h5-10,14,16-17,26H,11-13H2,1-4H3. The number of benzene rings is 1. The van der Waals surface area contributed by atoms with Crippen molar-refractivity contribution in [3.8, 4) is 0 Å². The summed E-state index contributed by atoms with van der Waals surface area (Å²) in [7, 11) is -3.53. The molecule has 0 amide bonds. The Morgan fingerprint density at radius 2 is 1.79 bits per heavy atom. The normalized spacial score (nSPS) is 23.6. The van der Waals surface area contributed by atoms with E-state index in [9.17, 15) is 13.5 Å². The lowest BCUT2D eigenvalue weighted by molar-refractivity contribution is 0.189. The van der Waals surface area contributed by atoms with Gasteiger partial charge >= 0.3 is 0 Å². The molecule has 156 valence electrons. The third-order valence-electron chi connectivity index (χ3n) is 5.84. The number of nitrogens with zero attached hydrogens (tertiary/aromatic N) is 4. The van der Waals surface area contributed by atoms with Gasteiger partial charge in [0.15, 0.2) is 5.82 Å². The van der Waals surface area contributed by atoms with Crippen LogP contribution in [0.5, 0.6) is 0 Å². The number of aromatic nitrogens is 2. The van der Waals surface area contributed by atoms with E-state index >= 15 is 0 Å². The molecule has 7 nitrogen and oxygen atoms in total. The van der Waals surface area contributed by atoms with Crippen molar-refractivity contribution in [1.29, 1.82) is 0 Å². The predicted octanol–water partition coefficient (Wildman–Crippen LogP) is 2.48. The first-order valence-electron chi connectivity index (χ1n) is 9.97. The van der Waals surface area contributed by atoms with E-state index in [1.54, 1.807) is 29.6 Å². The van der Waals surface area contributed by atoms with Gasteiger partial charge in [-0.15, -0.1) is 0 Å². The summed E-state index contributed by atoms with van der Waals surface area (Å²) in [5.41, 5.74) is 1.10. The second kappa shape index (κ2) is 7.04. The van der Waals surface area contributed by atoms with Gasteiger partial charge in [0.05, 0.1) is 4.90 Å². The Morgan fingerprint density at radius 1 is 1.10 bits per heavy atom. The second-order valence-corrected chi connectivity index (χ2v) is 10.9. The molecule has 2 aliphatic heterocycles. The fourth-order valence-electron chi connectivity index (χ4n) is 4.19. The van der Waals surface area contributed by atoms with E-state index in [0.717, 1.165) is 17.8 Å². The Bertz CT molecular complexity index is 999. The average molecular weight is 417 g/mol. The maximum Gasteiger partial charge on any atom is 0.243 e. The number of piperazine rings is 1. The Balaban J connectivity index is 1.53. The molecule has 2 bridgehead atoms. The highest BCUT2D eigenvalue weighted by molar-refractivity contribution is 7.89. The molecule has 1 aromatic carbocycles. The number of aliphatic hydroxyl groups excluding tert-OH is 1. The fourth-order valence-corrected chi connectivity index (χ4v) is 5.86. The van der Waals surface area contributed by atoms with Crippen LogP contribution in [0.25, 0.3) is 0 Å². The van der Waals surface area contributed by atoms with Crippen molar-refractivity contribution in [3.05, 3.63) is 47.9 Å². The molecule has 3 unspecified atom stereocenters. The first kappa shape index (κ1) is 20.3. The molecule has 0 aliphatic carbocycles. The van der Waals surface area contributed by atoms with Gasteiger partial charge in [-0.3, -0.25) is 0 Å². The van der Waals surface area contributed by atoms with E-state index < -0.39 is 16.1 Å². The lowest BCUT2D eigenvalue weighted by Gasteiger charge is -2.34. The quantitative estimate of drug-likeness (QED) is 0.824. The summed E-state index contributed by atoms with van der Waals surface area (Å²) in [5.74, 6) is 1.13. The molecule has 2 fully saturated rings. The highest BCUT2D eigenvalue weighted by atomic mass is 32.2. The van der Waals surface area contributed by atoms with E-state index in [1.807, 2.05) is 18.2 Å². The first-order valence-corrected chi connectivity index (χ1v) is 11.4. The lowest BCUT2D eigenvalue weighted by Crippen LogP contribution is -2.49. The van der Waals surface area contributed by atoms with Crippen molar-refractivity contribution in [3.63, 3.8) is 0 Å². The molecular formula is C21H28N4O3S. The molecular weight excluding hydrogens is 388 g/mol. The van der Waals surface area contributed by atoms with Gasteiger partial charge in [0.2, 0.25) is 10.0 Å². The van der Waals surface area contributed by atoms with E-state index in [-0.39, 0.29) is 17.5 Å². The van der Waals surface area contributed by atoms with E-state index in [0.29, 0.717) is 23.8 Å². The van der Waals surface area contributed by atoms with Crippen LogP contribution < -0.4 is 4.90 Å². The van der Waals surface area contributed by atoms with Crippen LogP contribution in [0.2, 0.25) is 0 Å². The molecule has 3 atom stereocenters. The molecule has 2 aliphatic rings. The Labute approximate surface area is 172 Å². The maximum atomic E-state index is 13.2. The van der Waals surface area contributed by atoms with Gasteiger partial charge in [0.25, 0.3) is 0 Å². The highest BCUT2D eigenvalue weighted by Crippen LogP contribution is 2.37. The zero-order valence-electron chi connectivity index (χ0n) is 17.3. The number of anilines is 1. The van der Waals surface area contributed by atoms with Gasteiger partial charge in [-0.05, 0) is 42.5 Å². The van der Waals surface area contributed by atoms with Crippen molar-refractivity contribution in [2.24, 2.45) is 0 Å². The van der Waals surface area contributed by atoms with Crippen LogP contribution in [0, 0.1) is 0 Å². The van der Waals surface area contributed by atoms with Crippen LogP contribution in [0.4, 0.5) is 5.82 Å². The van der Waals surface area contributed by atoms with Gasteiger partial charge in [0, 0.05) is 31.4 Å². The number of fused-ring (bicyclic) bond motifs is 2. The number of rotatable bonds is 4. The molecule has 0 radical (unpaired) electrons. The SMILES string of the molecule is CC(O)c1nccc(N2CC3CC2CN3S(=O)(=O)c2ccc(C(C)(C)C)cc2)n1. The van der Waals surface area contributed by atoms with E-state index in [2.05, 4.69) is 35.6 Å². The Hall–Kier alpha value is -2.03. The van der Waals surface area contributed by atoms with Crippen LogP contribution in [0.15, 0.2) is 41.4 Å². The lowest BCUT2D eigenvalue weighted by atomic mass is 9.87. The number of hydrogen-bond donors (Lipinski definition) is 1. The fraction of sp³-hybridized carbons (Fsp3) is 0.524. The van der Waals surface area contributed by atoms with Gasteiger partial charge in [-0.2, -0.15) is 4.31 Å². The average Bonchev–Trinajstić information content (AvgIpc) is 3.29. The van der Waals surface area contributed by atoms with Crippen molar-refractivity contribution >= 4 is 15.8 Å². The van der Waals surface area contributed by atoms with Crippen LogP contribution in [-0.4, -0.2) is 53.0 Å². The smallest absolute Gasteiger partial charge is 0.243 e. The molecule has 2 saturated heterocycles. The first-order chi connectivity index (χ1) is 13.6. The molecule has 0 saturated carbocycles. The molecule has 1 aromatic heterocycles. The van der Waals surface area contributed by atoms with E-state index in [1.165, 1.54) is 0 Å². The molecule has 4 rings (SSSR count). The van der Waals surface area contributed by atoms with Gasteiger partial charge in [0.1, 0.15) is 11.9 Å². The minimum Gasteiger partial charge on any atom is -0.385 e. The van der Waals surface area contributed by atoms with E-state index in [4.69, 9.17) is 0 Å². The van der Waals surface area contributed by atoms with Crippen molar-refractivity contribution in [2.45, 2.75) is 62.6 Å². The minimum atomic E-state index is -3.53. The summed E-state index contributed by atoms with van der Waals surface area (Å²) >= 11 is 0. The molecule has 8 heteroatoms. The second-order valence-electron chi connectivity index (χ2n) is 8.99. The largest absolute Gasteiger partial charge is 0.385 e. The summed E-state index contributed by atoms with van der Waals surface area (Å²) in [6.07, 6.45) is 1.69. The summed E-state index contributed by atoms with van der Waals surface area (Å²) in [6, 6.07) is 9.09. The van der Waals surface area contributed by atoms with Crippen molar-refractivity contribution in [1.82, 2.24) is 14.3 Å². The zero-order chi connectivity index (χ0) is 21.0. The molecule has 3 heterocycles. The van der Waals surface area contributed by atoms with Gasteiger partial charge in [-0.1, -0.05) is 32.9 Å². The minimum absolute atomic E-state index is 0.0159. The third-order valence-corrected chi connectivity index (χ3v) is 7.78. The topological polar surface area (TPSA) is 86.6 Å². The summed E-state index contributed by atoms with van der Waals surface area (Å²) in [5, 5.41) is 9.74. The number of aliphatic hydroxyl groups is 1. The van der Waals surface area contributed by atoms with Crippen LogP contribution >= 0.6 is 0 Å². The zero-order valence-corrected chi connectivity index (χ0v) is 18.1. The van der Waals surface area contributed by atoms with Crippen molar-refractivity contribution < 1.29 is 13.5 Å². The van der Waals surface area contributed by atoms with Gasteiger partial charge < -0.3 is 10.0 Å². The monoisotopic (exact) mass is 416 g/mol. The van der Waals surface area contributed by atoms with Crippen molar-refractivity contribution in [2.75, 3.05) is 18.0 Å². The molecule has 29 heavy (non-hydrogen) atoms. The Morgan fingerprint density at radius 3 is 2.34 bits per heavy atom.